The van der Waals surface area contributed by atoms with Gasteiger partial charge in [-0.25, -0.2) is 13.4 Å². The van der Waals surface area contributed by atoms with Crippen LogP contribution in [0.3, 0.4) is 0 Å². The fourth-order valence-electron chi connectivity index (χ4n) is 3.87. The highest BCUT2D eigenvalue weighted by atomic mass is 32.2. The highest BCUT2D eigenvalue weighted by Crippen LogP contribution is 2.29. The average molecular weight is 475 g/mol. The number of hydrogen-bond acceptors (Lipinski definition) is 7. The lowest BCUT2D eigenvalue weighted by Crippen LogP contribution is -2.48. The van der Waals surface area contributed by atoms with E-state index in [1.165, 1.54) is 39.9 Å². The summed E-state index contributed by atoms with van der Waals surface area (Å²) >= 11 is 1.46. The predicted molar refractivity (Wildman–Crippen MR) is 125 cm³/mol. The Balaban J connectivity index is 1.44. The molecule has 2 heterocycles. The van der Waals surface area contributed by atoms with E-state index in [0.717, 1.165) is 21.3 Å². The Kier molecular flexibility index (Phi) is 6.22. The molecule has 1 aliphatic rings. The molecule has 170 valence electrons. The molecular weight excluding hydrogens is 448 g/mol. The summed E-state index contributed by atoms with van der Waals surface area (Å²) < 4.78 is 34.0. The largest absolute Gasteiger partial charge is 0.373 e. The van der Waals surface area contributed by atoms with Crippen LogP contribution in [0.4, 0.5) is 5.13 Å². The van der Waals surface area contributed by atoms with Crippen LogP contribution in [0.15, 0.2) is 41.3 Å². The summed E-state index contributed by atoms with van der Waals surface area (Å²) in [5, 5.41) is 0.580. The van der Waals surface area contributed by atoms with Gasteiger partial charge in [-0.3, -0.25) is 15.6 Å². The van der Waals surface area contributed by atoms with Crippen molar-refractivity contribution in [2.24, 2.45) is 0 Å². The maximum atomic E-state index is 13.0. The van der Waals surface area contributed by atoms with E-state index in [1.54, 1.807) is 0 Å². The van der Waals surface area contributed by atoms with E-state index in [-0.39, 0.29) is 23.0 Å². The van der Waals surface area contributed by atoms with Crippen LogP contribution in [-0.2, 0) is 14.8 Å². The molecule has 1 aliphatic heterocycles. The summed E-state index contributed by atoms with van der Waals surface area (Å²) in [5.41, 5.74) is 8.97. The zero-order valence-corrected chi connectivity index (χ0v) is 20.0. The summed E-state index contributed by atoms with van der Waals surface area (Å²) in [4.78, 5) is 17.2. The van der Waals surface area contributed by atoms with Gasteiger partial charge in [-0.15, -0.1) is 0 Å². The zero-order valence-electron chi connectivity index (χ0n) is 18.4. The lowest BCUT2D eigenvalue weighted by molar-refractivity contribution is -0.0440. The Hall–Kier alpha value is -2.53. The van der Waals surface area contributed by atoms with Crippen molar-refractivity contribution >= 4 is 42.6 Å². The first-order chi connectivity index (χ1) is 15.1. The van der Waals surface area contributed by atoms with Crippen molar-refractivity contribution in [3.63, 3.8) is 0 Å². The van der Waals surface area contributed by atoms with Gasteiger partial charge >= 0.3 is 0 Å². The number of nitrogens with one attached hydrogen (secondary N) is 2. The number of morpholine rings is 1. The fourth-order valence-corrected chi connectivity index (χ4v) is 6.33. The molecule has 2 N–H and O–H groups in total. The third-order valence-electron chi connectivity index (χ3n) is 5.24. The number of benzene rings is 2. The van der Waals surface area contributed by atoms with E-state index in [2.05, 4.69) is 21.9 Å². The zero-order chi connectivity index (χ0) is 23.0. The Morgan fingerprint density at radius 2 is 1.78 bits per heavy atom. The number of aryl methyl sites for hydroxylation is 2. The lowest BCUT2D eigenvalue weighted by Gasteiger charge is -2.34. The van der Waals surface area contributed by atoms with Gasteiger partial charge in [0.25, 0.3) is 5.91 Å². The third kappa shape index (κ3) is 4.63. The van der Waals surface area contributed by atoms with E-state index in [4.69, 9.17) is 4.74 Å². The minimum Gasteiger partial charge on any atom is -0.373 e. The van der Waals surface area contributed by atoms with Crippen molar-refractivity contribution in [2.45, 2.75) is 44.8 Å². The Morgan fingerprint density at radius 1 is 1.12 bits per heavy atom. The van der Waals surface area contributed by atoms with Gasteiger partial charge in [0.05, 0.1) is 27.3 Å². The van der Waals surface area contributed by atoms with Crippen molar-refractivity contribution in [3.8, 4) is 0 Å². The topological polar surface area (TPSA) is 101 Å². The number of hydrogen-bond donors (Lipinski definition) is 2. The first-order valence-corrected chi connectivity index (χ1v) is 12.6. The first kappa shape index (κ1) is 22.7. The fraction of sp³-hybridized carbons (Fsp3) is 0.364. The number of carbonyl (C=O) groups is 1. The monoisotopic (exact) mass is 474 g/mol. The van der Waals surface area contributed by atoms with Gasteiger partial charge in [-0.1, -0.05) is 17.4 Å². The second-order valence-corrected chi connectivity index (χ2v) is 11.1. The minimum absolute atomic E-state index is 0.153. The molecule has 0 radical (unpaired) electrons. The SMILES string of the molecule is Cc1cc(C)c2sc(NNC(=O)c3ccc(S(=O)(=O)N4C[C@H](C)O[C@@H](C)C4)cc3)nc2c1. The van der Waals surface area contributed by atoms with Gasteiger partial charge in [-0.2, -0.15) is 4.31 Å². The molecule has 1 aromatic heterocycles. The van der Waals surface area contributed by atoms with E-state index < -0.39 is 10.0 Å². The van der Waals surface area contributed by atoms with Crippen LogP contribution >= 0.6 is 11.3 Å². The number of ether oxygens (including phenoxy) is 1. The summed E-state index contributed by atoms with van der Waals surface area (Å²) in [7, 11) is -3.65. The predicted octanol–water partition coefficient (Wildman–Crippen LogP) is 3.47. The van der Waals surface area contributed by atoms with Gasteiger partial charge < -0.3 is 4.74 Å². The highest BCUT2D eigenvalue weighted by molar-refractivity contribution is 7.89. The Labute approximate surface area is 191 Å². The number of nitrogens with zero attached hydrogens (tertiary/aromatic N) is 2. The van der Waals surface area contributed by atoms with E-state index >= 15 is 0 Å². The van der Waals surface area contributed by atoms with Gasteiger partial charge in [0, 0.05) is 18.7 Å². The molecule has 32 heavy (non-hydrogen) atoms. The number of amides is 1. The number of fused-ring (bicyclic) bond motifs is 1. The molecule has 3 aromatic rings. The van der Waals surface area contributed by atoms with Crippen LogP contribution in [0.1, 0.15) is 35.3 Å². The van der Waals surface area contributed by atoms with Crippen molar-refractivity contribution in [3.05, 3.63) is 53.1 Å². The molecule has 0 bridgehead atoms. The minimum atomic E-state index is -3.65. The van der Waals surface area contributed by atoms with Gasteiger partial charge in [0.1, 0.15) is 0 Å². The molecule has 4 rings (SSSR count). The molecular formula is C22H26N4O4S2. The van der Waals surface area contributed by atoms with Crippen molar-refractivity contribution in [2.75, 3.05) is 18.5 Å². The van der Waals surface area contributed by atoms with Crippen LogP contribution in [0.25, 0.3) is 10.2 Å². The maximum Gasteiger partial charge on any atom is 0.269 e. The number of sulfonamides is 1. The number of carbonyl (C=O) groups excluding carboxylic acids is 1. The molecule has 1 amide bonds. The van der Waals surface area contributed by atoms with Crippen molar-refractivity contribution < 1.29 is 17.9 Å². The van der Waals surface area contributed by atoms with Gasteiger partial charge in [-0.05, 0) is 69.2 Å². The number of aromatic nitrogens is 1. The van der Waals surface area contributed by atoms with Crippen LogP contribution in [0, 0.1) is 13.8 Å². The molecule has 10 heteroatoms. The molecule has 0 aliphatic carbocycles. The van der Waals surface area contributed by atoms with Crippen LogP contribution < -0.4 is 10.9 Å². The maximum absolute atomic E-state index is 13.0. The van der Waals surface area contributed by atoms with Gasteiger partial charge in [0.2, 0.25) is 15.2 Å². The first-order valence-electron chi connectivity index (χ1n) is 10.3. The summed E-state index contributed by atoms with van der Waals surface area (Å²) in [6, 6.07) is 10.0. The van der Waals surface area contributed by atoms with Crippen molar-refractivity contribution in [1.29, 1.82) is 0 Å². The number of anilines is 1. The summed E-state index contributed by atoms with van der Waals surface area (Å²) in [6.07, 6.45) is -0.334. The molecule has 1 saturated heterocycles. The van der Waals surface area contributed by atoms with Crippen molar-refractivity contribution in [1.82, 2.24) is 14.7 Å². The van der Waals surface area contributed by atoms with Crippen LogP contribution in [-0.4, -0.2) is 48.9 Å². The summed E-state index contributed by atoms with van der Waals surface area (Å²) in [5.74, 6) is -0.380. The number of thiazole rings is 1. The Bertz CT molecular complexity index is 1240. The quantitative estimate of drug-likeness (QED) is 0.549. The second-order valence-electron chi connectivity index (χ2n) is 8.13. The summed E-state index contributed by atoms with van der Waals surface area (Å²) in [6.45, 7) is 8.37. The standard InChI is InChI=1S/C22H26N4O4S2/c1-13-9-14(2)20-19(10-13)23-22(31-20)25-24-21(27)17-5-7-18(8-6-17)32(28,29)26-11-15(3)30-16(4)12-26/h5-10,15-16H,11-12H2,1-4H3,(H,23,25)(H,24,27)/t15-,16-/m0/s1. The van der Waals surface area contributed by atoms with E-state index in [0.29, 0.717) is 23.8 Å². The molecule has 0 saturated carbocycles. The van der Waals surface area contributed by atoms with Gasteiger partial charge in [0.15, 0.2) is 0 Å². The van der Waals surface area contributed by atoms with E-state index in [9.17, 15) is 13.2 Å². The molecule has 2 atom stereocenters. The normalized spacial score (nSPS) is 19.8. The lowest BCUT2D eigenvalue weighted by atomic mass is 10.1. The number of rotatable bonds is 5. The molecule has 0 spiro atoms. The average Bonchev–Trinajstić information content (AvgIpc) is 3.14. The third-order valence-corrected chi connectivity index (χ3v) is 8.21. The number of hydrazine groups is 1. The molecule has 2 aromatic carbocycles. The van der Waals surface area contributed by atoms with E-state index in [1.807, 2.05) is 33.8 Å². The van der Waals surface area contributed by atoms with Crippen LogP contribution in [0.2, 0.25) is 0 Å². The smallest absolute Gasteiger partial charge is 0.269 e. The highest BCUT2D eigenvalue weighted by Gasteiger charge is 2.32. The second kappa shape index (κ2) is 8.78. The van der Waals surface area contributed by atoms with Crippen LogP contribution in [0.5, 0.6) is 0 Å². The molecule has 0 unspecified atom stereocenters. The molecule has 8 nitrogen and oxygen atoms in total. The Morgan fingerprint density at radius 3 is 2.44 bits per heavy atom. The molecule has 1 fully saturated rings.